The van der Waals surface area contributed by atoms with Crippen LogP contribution in [-0.4, -0.2) is 34.7 Å². The third-order valence-electron chi connectivity index (χ3n) is 5.13. The zero-order chi connectivity index (χ0) is 19.5. The van der Waals surface area contributed by atoms with Gasteiger partial charge in [0.05, 0.1) is 17.1 Å². The summed E-state index contributed by atoms with van der Waals surface area (Å²) in [7, 11) is 0. The smallest absolute Gasteiger partial charge is 0.251 e. The zero-order valence-electron chi connectivity index (χ0n) is 15.5. The van der Waals surface area contributed by atoms with Gasteiger partial charge in [-0.3, -0.25) is 4.79 Å². The number of imidazole rings is 1. The van der Waals surface area contributed by atoms with Crippen molar-refractivity contribution in [1.29, 1.82) is 0 Å². The summed E-state index contributed by atoms with van der Waals surface area (Å²) in [5.74, 6) is 1.27. The fourth-order valence-corrected chi connectivity index (χ4v) is 4.06. The van der Waals surface area contributed by atoms with Crippen LogP contribution in [0.25, 0.3) is 11.0 Å². The second kappa shape index (κ2) is 8.55. The first-order valence-electron chi connectivity index (χ1n) is 9.53. The number of aromatic nitrogens is 2. The topological polar surface area (TPSA) is 69.8 Å². The van der Waals surface area contributed by atoms with Gasteiger partial charge in [-0.2, -0.15) is 12.6 Å². The minimum Gasteiger partial charge on any atom is -0.342 e. The number of halogens is 1. The Bertz CT molecular complexity index is 1000. The normalized spacial score (nSPS) is 15.1. The van der Waals surface area contributed by atoms with E-state index in [1.807, 2.05) is 30.3 Å². The number of hydrogen-bond acceptors (Lipinski definition) is 4. The molecule has 0 spiro atoms. The van der Waals surface area contributed by atoms with Crippen LogP contribution in [0.5, 0.6) is 0 Å². The Morgan fingerprint density at radius 2 is 2.00 bits per heavy atom. The number of carbonyl (C=O) groups excluding carboxylic acids is 1. The summed E-state index contributed by atoms with van der Waals surface area (Å²) in [5.41, 5.74) is 4.95. The van der Waals surface area contributed by atoms with Crippen molar-refractivity contribution in [1.82, 2.24) is 20.6 Å². The Morgan fingerprint density at radius 1 is 1.18 bits per heavy atom. The van der Waals surface area contributed by atoms with E-state index in [4.69, 9.17) is 11.6 Å². The van der Waals surface area contributed by atoms with E-state index in [-0.39, 0.29) is 11.9 Å². The molecule has 28 heavy (non-hydrogen) atoms. The largest absolute Gasteiger partial charge is 0.342 e. The Balaban J connectivity index is 1.57. The zero-order valence-corrected chi connectivity index (χ0v) is 17.1. The molecule has 5 nitrogen and oxygen atoms in total. The van der Waals surface area contributed by atoms with Crippen LogP contribution in [0, 0.1) is 0 Å². The van der Waals surface area contributed by atoms with Gasteiger partial charge in [-0.15, -0.1) is 0 Å². The molecule has 1 aliphatic heterocycles. The Hall–Kier alpha value is -2.02. The first kappa shape index (κ1) is 19.3. The third-order valence-corrected chi connectivity index (χ3v) is 5.62. The monoisotopic (exact) mass is 414 g/mol. The summed E-state index contributed by atoms with van der Waals surface area (Å²) in [4.78, 5) is 20.8. The summed E-state index contributed by atoms with van der Waals surface area (Å²) >= 11 is 10.4. The molecule has 1 aromatic heterocycles. The highest BCUT2D eigenvalue weighted by molar-refractivity contribution is 7.80. The van der Waals surface area contributed by atoms with E-state index in [0.29, 0.717) is 22.8 Å². The van der Waals surface area contributed by atoms with Gasteiger partial charge in [0.2, 0.25) is 0 Å². The Morgan fingerprint density at radius 3 is 2.82 bits per heavy atom. The number of carbonyl (C=O) groups is 1. The van der Waals surface area contributed by atoms with Crippen LogP contribution in [0.2, 0.25) is 5.02 Å². The fourth-order valence-electron chi connectivity index (χ4n) is 3.63. The molecule has 0 fully saturated rings. The maximum absolute atomic E-state index is 12.9. The third kappa shape index (κ3) is 4.19. The SMILES string of the molecule is O=C(N[C@@H](CCS)c1nc2ccc(Cl)cc2[nH]1)c1ccc2c(c1)CCNCC2. The molecule has 0 radical (unpaired) electrons. The average molecular weight is 415 g/mol. The fraction of sp³-hybridized carbons (Fsp3) is 0.333. The van der Waals surface area contributed by atoms with Crippen LogP contribution in [0.15, 0.2) is 36.4 Å². The van der Waals surface area contributed by atoms with Crippen molar-refractivity contribution >= 4 is 41.2 Å². The second-order valence-corrected chi connectivity index (χ2v) is 7.94. The van der Waals surface area contributed by atoms with E-state index < -0.39 is 0 Å². The van der Waals surface area contributed by atoms with E-state index in [0.717, 1.165) is 42.8 Å². The lowest BCUT2D eigenvalue weighted by molar-refractivity contribution is 0.0934. The first-order chi connectivity index (χ1) is 13.6. The number of nitrogens with one attached hydrogen (secondary N) is 3. The number of H-pyrrole nitrogens is 1. The van der Waals surface area contributed by atoms with Crippen LogP contribution in [0.3, 0.4) is 0 Å². The quantitative estimate of drug-likeness (QED) is 0.481. The van der Waals surface area contributed by atoms with Crippen LogP contribution in [-0.2, 0) is 12.8 Å². The molecule has 2 heterocycles. The summed E-state index contributed by atoms with van der Waals surface area (Å²) in [6.45, 7) is 1.93. The molecule has 0 saturated carbocycles. The molecular formula is C21H23ClN4OS. The van der Waals surface area contributed by atoms with Crippen molar-refractivity contribution in [2.75, 3.05) is 18.8 Å². The van der Waals surface area contributed by atoms with Gasteiger partial charge < -0.3 is 15.6 Å². The van der Waals surface area contributed by atoms with Crippen LogP contribution in [0.1, 0.15) is 39.8 Å². The lowest BCUT2D eigenvalue weighted by atomic mass is 9.99. The van der Waals surface area contributed by atoms with Crippen LogP contribution in [0.4, 0.5) is 0 Å². The molecule has 3 N–H and O–H groups in total. The van der Waals surface area contributed by atoms with Gasteiger partial charge in [0.1, 0.15) is 5.82 Å². The summed E-state index contributed by atoms with van der Waals surface area (Å²) in [6, 6.07) is 11.3. The molecule has 0 saturated heterocycles. The number of aromatic amines is 1. The van der Waals surface area contributed by atoms with Crippen molar-refractivity contribution in [3.63, 3.8) is 0 Å². The minimum absolute atomic E-state index is 0.0923. The molecule has 0 unspecified atom stereocenters. The van der Waals surface area contributed by atoms with Gasteiger partial charge >= 0.3 is 0 Å². The van der Waals surface area contributed by atoms with E-state index in [9.17, 15) is 4.79 Å². The summed E-state index contributed by atoms with van der Waals surface area (Å²) in [5, 5.41) is 7.17. The Labute approximate surface area is 174 Å². The number of fused-ring (bicyclic) bond motifs is 2. The summed E-state index contributed by atoms with van der Waals surface area (Å²) < 4.78 is 0. The molecular weight excluding hydrogens is 392 g/mol. The molecule has 1 amide bonds. The van der Waals surface area contributed by atoms with Gasteiger partial charge in [-0.25, -0.2) is 4.98 Å². The van der Waals surface area contributed by atoms with Crippen molar-refractivity contribution in [2.24, 2.45) is 0 Å². The molecule has 1 atom stereocenters. The van der Waals surface area contributed by atoms with Crippen molar-refractivity contribution in [3.05, 3.63) is 63.9 Å². The van der Waals surface area contributed by atoms with Crippen molar-refractivity contribution in [3.8, 4) is 0 Å². The van der Waals surface area contributed by atoms with Gasteiger partial charge in [0, 0.05) is 10.6 Å². The number of nitrogens with zero attached hydrogens (tertiary/aromatic N) is 1. The molecule has 2 aromatic carbocycles. The van der Waals surface area contributed by atoms with E-state index in [2.05, 4.69) is 39.3 Å². The van der Waals surface area contributed by atoms with Crippen molar-refractivity contribution in [2.45, 2.75) is 25.3 Å². The van der Waals surface area contributed by atoms with Gasteiger partial charge in [-0.1, -0.05) is 17.7 Å². The van der Waals surface area contributed by atoms with E-state index in [1.54, 1.807) is 0 Å². The number of amides is 1. The van der Waals surface area contributed by atoms with Gasteiger partial charge in [-0.05, 0) is 79.6 Å². The Kier molecular flexibility index (Phi) is 5.90. The summed E-state index contributed by atoms with van der Waals surface area (Å²) in [6.07, 6.45) is 2.62. The lowest BCUT2D eigenvalue weighted by Gasteiger charge is -2.16. The highest BCUT2D eigenvalue weighted by Gasteiger charge is 2.20. The average Bonchev–Trinajstić information content (AvgIpc) is 2.96. The van der Waals surface area contributed by atoms with Crippen LogP contribution < -0.4 is 10.6 Å². The molecule has 4 rings (SSSR count). The molecule has 3 aromatic rings. The molecule has 0 bridgehead atoms. The molecule has 0 aliphatic carbocycles. The predicted octanol–water partition coefficient (Wildman–Crippen LogP) is 3.70. The number of rotatable bonds is 5. The predicted molar refractivity (Wildman–Crippen MR) is 117 cm³/mol. The second-order valence-electron chi connectivity index (χ2n) is 7.06. The minimum atomic E-state index is -0.239. The van der Waals surface area contributed by atoms with Gasteiger partial charge in [0.15, 0.2) is 0 Å². The highest BCUT2D eigenvalue weighted by Crippen LogP contribution is 2.23. The first-order valence-corrected chi connectivity index (χ1v) is 10.5. The number of thiol groups is 1. The van der Waals surface area contributed by atoms with Crippen molar-refractivity contribution < 1.29 is 4.79 Å². The standard InChI is InChI=1S/C21H23ClN4OS/c22-16-3-4-17-19(12-16)25-20(24-17)18(7-10-28)26-21(27)15-2-1-13-5-8-23-9-6-14(13)11-15/h1-4,11-12,18,23,28H,5-10H2,(H,24,25)(H,26,27)/t18-/m0/s1. The molecule has 146 valence electrons. The number of benzene rings is 2. The number of hydrogen-bond donors (Lipinski definition) is 4. The molecule has 7 heteroatoms. The van der Waals surface area contributed by atoms with E-state index in [1.165, 1.54) is 11.1 Å². The molecule has 1 aliphatic rings. The van der Waals surface area contributed by atoms with E-state index >= 15 is 0 Å². The highest BCUT2D eigenvalue weighted by atomic mass is 35.5. The van der Waals surface area contributed by atoms with Gasteiger partial charge in [0.25, 0.3) is 5.91 Å². The lowest BCUT2D eigenvalue weighted by Crippen LogP contribution is -2.29. The van der Waals surface area contributed by atoms with Crippen LogP contribution >= 0.6 is 24.2 Å². The maximum atomic E-state index is 12.9. The maximum Gasteiger partial charge on any atom is 0.251 e.